The van der Waals surface area contributed by atoms with Crippen LogP contribution < -0.4 is 21.0 Å². The standard InChI is InChI=1S/C27H29F2N7O3/c1-15-11-34(13-20(15)30)25-17-12-35(16-9-10-39-14-16)32-21(17)5-6-22(25)31-27(38)23-7-8-24(37)36(33-23)26-18(28)3-2-4-19(26)29/h2-8,12,15-16,20,24,37H,9-11,13-14,30H2,1H3,(H,31,38)/t15-,16+,20-,24?/m0/s1. The summed E-state index contributed by atoms with van der Waals surface area (Å²) in [5, 5.41) is 23.7. The van der Waals surface area contributed by atoms with Gasteiger partial charge in [0.1, 0.15) is 11.4 Å². The maximum atomic E-state index is 14.4. The van der Waals surface area contributed by atoms with Crippen molar-refractivity contribution >= 4 is 39.6 Å². The van der Waals surface area contributed by atoms with E-state index in [1.54, 1.807) is 6.07 Å². The van der Waals surface area contributed by atoms with Crippen molar-refractivity contribution in [2.24, 2.45) is 16.8 Å². The van der Waals surface area contributed by atoms with Crippen LogP contribution in [0.25, 0.3) is 10.9 Å². The first-order valence-electron chi connectivity index (χ1n) is 12.9. The molecule has 0 spiro atoms. The minimum absolute atomic E-state index is 0.0292. The first-order chi connectivity index (χ1) is 18.8. The number of hydrazone groups is 1. The Morgan fingerprint density at radius 1 is 1.18 bits per heavy atom. The van der Waals surface area contributed by atoms with Crippen LogP contribution in [0.15, 0.2) is 53.8 Å². The number of aromatic nitrogens is 2. The van der Waals surface area contributed by atoms with Crippen LogP contribution in [0.2, 0.25) is 0 Å². The van der Waals surface area contributed by atoms with Crippen LogP contribution in [-0.4, -0.2) is 65.1 Å². The van der Waals surface area contributed by atoms with Gasteiger partial charge in [0.2, 0.25) is 0 Å². The summed E-state index contributed by atoms with van der Waals surface area (Å²) < 4.78 is 36.3. The first kappa shape index (κ1) is 25.4. The third-order valence-corrected chi connectivity index (χ3v) is 7.48. The number of nitrogens with one attached hydrogen (secondary N) is 1. The van der Waals surface area contributed by atoms with Gasteiger partial charge in [0.05, 0.1) is 29.5 Å². The molecule has 1 aromatic heterocycles. The summed E-state index contributed by atoms with van der Waals surface area (Å²) in [4.78, 5) is 15.5. The van der Waals surface area contributed by atoms with Gasteiger partial charge in [-0.25, -0.2) is 13.8 Å². The molecule has 10 nitrogen and oxygen atoms in total. The molecule has 4 N–H and O–H groups in total. The molecule has 2 aromatic carbocycles. The number of nitrogens with zero attached hydrogens (tertiary/aromatic N) is 5. The number of fused-ring (bicyclic) bond motifs is 1. The van der Waals surface area contributed by atoms with Gasteiger partial charge in [-0.2, -0.15) is 10.2 Å². The second-order valence-electron chi connectivity index (χ2n) is 10.2. The van der Waals surface area contributed by atoms with Crippen LogP contribution in [0.1, 0.15) is 19.4 Å². The van der Waals surface area contributed by atoms with Crippen LogP contribution in [-0.2, 0) is 9.53 Å². The van der Waals surface area contributed by atoms with Crippen molar-refractivity contribution < 1.29 is 23.4 Å². The quantitative estimate of drug-likeness (QED) is 0.458. The lowest BCUT2D eigenvalue weighted by Crippen LogP contribution is -2.37. The molecule has 0 aliphatic carbocycles. The summed E-state index contributed by atoms with van der Waals surface area (Å²) in [6.45, 7) is 4.68. The predicted molar refractivity (Wildman–Crippen MR) is 144 cm³/mol. The molecule has 0 radical (unpaired) electrons. The number of anilines is 3. The zero-order chi connectivity index (χ0) is 27.3. The number of rotatable bonds is 5. The summed E-state index contributed by atoms with van der Waals surface area (Å²) in [6.07, 6.45) is 3.96. The average Bonchev–Trinajstić information content (AvgIpc) is 3.65. The van der Waals surface area contributed by atoms with E-state index in [-0.39, 0.29) is 23.7 Å². The molecule has 39 heavy (non-hydrogen) atoms. The number of halogens is 2. The number of amides is 1. The van der Waals surface area contributed by atoms with E-state index in [0.29, 0.717) is 32.0 Å². The molecule has 2 saturated heterocycles. The summed E-state index contributed by atoms with van der Waals surface area (Å²) in [5.41, 5.74) is 7.77. The van der Waals surface area contributed by atoms with Gasteiger partial charge >= 0.3 is 0 Å². The Hall–Kier alpha value is -3.87. The Morgan fingerprint density at radius 2 is 1.97 bits per heavy atom. The highest BCUT2D eigenvalue weighted by Gasteiger charge is 2.32. The lowest BCUT2D eigenvalue weighted by molar-refractivity contribution is -0.110. The number of para-hydroxylation sites is 1. The minimum Gasteiger partial charge on any atom is -0.379 e. The van der Waals surface area contributed by atoms with E-state index in [1.807, 2.05) is 16.9 Å². The van der Waals surface area contributed by atoms with Gasteiger partial charge in [0.25, 0.3) is 5.91 Å². The van der Waals surface area contributed by atoms with E-state index in [4.69, 9.17) is 15.6 Å². The number of carbonyl (C=O) groups excluding carboxylic acids is 1. The van der Waals surface area contributed by atoms with Crippen LogP contribution in [0.4, 0.5) is 25.8 Å². The molecule has 4 atom stereocenters. The predicted octanol–water partition coefficient (Wildman–Crippen LogP) is 2.75. The number of benzene rings is 2. The number of ether oxygens (including phenoxy) is 1. The van der Waals surface area contributed by atoms with Gasteiger partial charge in [-0.15, -0.1) is 0 Å². The number of hydrogen-bond acceptors (Lipinski definition) is 8. The van der Waals surface area contributed by atoms with Crippen molar-refractivity contribution in [3.63, 3.8) is 0 Å². The Bertz CT molecular complexity index is 1450. The Kier molecular flexibility index (Phi) is 6.53. The summed E-state index contributed by atoms with van der Waals surface area (Å²) >= 11 is 0. The zero-order valence-electron chi connectivity index (χ0n) is 21.3. The Balaban J connectivity index is 1.36. The van der Waals surface area contributed by atoms with E-state index in [9.17, 15) is 18.7 Å². The van der Waals surface area contributed by atoms with Gasteiger partial charge in [-0.3, -0.25) is 9.48 Å². The van der Waals surface area contributed by atoms with E-state index >= 15 is 0 Å². The lowest BCUT2D eigenvalue weighted by atomic mass is 10.1. The minimum atomic E-state index is -1.45. The van der Waals surface area contributed by atoms with E-state index in [2.05, 4.69) is 22.2 Å². The van der Waals surface area contributed by atoms with Crippen LogP contribution >= 0.6 is 0 Å². The highest BCUT2D eigenvalue weighted by Crippen LogP contribution is 2.38. The Morgan fingerprint density at radius 3 is 2.67 bits per heavy atom. The smallest absolute Gasteiger partial charge is 0.276 e. The number of hydrogen-bond donors (Lipinski definition) is 3. The highest BCUT2D eigenvalue weighted by atomic mass is 19.1. The van der Waals surface area contributed by atoms with E-state index in [0.717, 1.165) is 40.2 Å². The summed E-state index contributed by atoms with van der Waals surface area (Å²) in [5.74, 6) is -2.18. The van der Waals surface area contributed by atoms with Crippen molar-refractivity contribution in [2.75, 3.05) is 41.5 Å². The molecule has 0 saturated carbocycles. The second-order valence-corrected chi connectivity index (χ2v) is 10.2. The molecular weight excluding hydrogens is 508 g/mol. The van der Waals surface area contributed by atoms with Crippen molar-refractivity contribution in [3.8, 4) is 0 Å². The van der Waals surface area contributed by atoms with Crippen molar-refractivity contribution in [1.82, 2.24) is 9.78 Å². The van der Waals surface area contributed by atoms with Crippen molar-refractivity contribution in [2.45, 2.75) is 31.7 Å². The molecule has 6 rings (SSSR count). The number of nitrogens with two attached hydrogens (primary N) is 1. The monoisotopic (exact) mass is 537 g/mol. The molecular formula is C27H29F2N7O3. The fraction of sp³-hybridized carbons (Fsp3) is 0.370. The molecule has 4 heterocycles. The third-order valence-electron chi connectivity index (χ3n) is 7.48. The lowest BCUT2D eigenvalue weighted by Gasteiger charge is -2.27. The van der Waals surface area contributed by atoms with Gasteiger partial charge in [-0.05, 0) is 48.8 Å². The van der Waals surface area contributed by atoms with Crippen molar-refractivity contribution in [3.05, 3.63) is 60.3 Å². The van der Waals surface area contributed by atoms with Crippen LogP contribution in [0.5, 0.6) is 0 Å². The topological polar surface area (TPSA) is 121 Å². The summed E-state index contributed by atoms with van der Waals surface area (Å²) in [6, 6.07) is 7.05. The van der Waals surface area contributed by atoms with Crippen molar-refractivity contribution in [1.29, 1.82) is 0 Å². The number of aliphatic hydroxyl groups is 1. The summed E-state index contributed by atoms with van der Waals surface area (Å²) in [7, 11) is 0. The maximum absolute atomic E-state index is 14.4. The molecule has 12 heteroatoms. The SMILES string of the molecule is C[C@H]1CN(c2c(NC(=O)C3=NN(c4c(F)cccc4F)C(O)C=C3)ccc3nn([C@@H]4CCOC4)cc23)C[C@@H]1N. The molecule has 3 aliphatic heterocycles. The molecule has 1 unspecified atom stereocenters. The third kappa shape index (κ3) is 4.64. The molecule has 0 bridgehead atoms. The van der Waals surface area contributed by atoms with Gasteiger partial charge < -0.3 is 25.8 Å². The molecule has 204 valence electrons. The van der Waals surface area contributed by atoms with E-state index in [1.165, 1.54) is 18.2 Å². The van der Waals surface area contributed by atoms with Crippen LogP contribution in [0.3, 0.4) is 0 Å². The highest BCUT2D eigenvalue weighted by molar-refractivity contribution is 6.47. The number of aliphatic hydroxyl groups excluding tert-OH is 1. The van der Waals surface area contributed by atoms with E-state index < -0.39 is 29.5 Å². The van der Waals surface area contributed by atoms with Gasteiger partial charge in [0.15, 0.2) is 17.9 Å². The largest absolute Gasteiger partial charge is 0.379 e. The first-order valence-corrected chi connectivity index (χ1v) is 12.9. The molecule has 3 aromatic rings. The molecule has 2 fully saturated rings. The maximum Gasteiger partial charge on any atom is 0.276 e. The fourth-order valence-corrected chi connectivity index (χ4v) is 5.30. The second kappa shape index (κ2) is 10.0. The molecule has 1 amide bonds. The Labute approximate surface area is 223 Å². The van der Waals surface area contributed by atoms with Gasteiger partial charge in [-0.1, -0.05) is 13.0 Å². The fourth-order valence-electron chi connectivity index (χ4n) is 5.30. The normalized spacial score (nSPS) is 25.0. The molecule has 3 aliphatic rings. The van der Waals surface area contributed by atoms with Crippen LogP contribution in [0, 0.1) is 17.6 Å². The van der Waals surface area contributed by atoms with Gasteiger partial charge in [0, 0.05) is 37.3 Å². The number of carbonyl (C=O) groups is 1. The zero-order valence-corrected chi connectivity index (χ0v) is 21.3. The average molecular weight is 538 g/mol.